The van der Waals surface area contributed by atoms with E-state index in [2.05, 4.69) is 10.4 Å². The fourth-order valence-corrected chi connectivity index (χ4v) is 3.07. The lowest BCUT2D eigenvalue weighted by Crippen LogP contribution is -2.40. The average molecular weight is 411 g/mol. The first-order valence-electron chi connectivity index (χ1n) is 9.59. The molecular formula is C22H25N3O5. The van der Waals surface area contributed by atoms with Crippen LogP contribution >= 0.6 is 0 Å². The minimum absolute atomic E-state index is 0.469. The van der Waals surface area contributed by atoms with Crippen molar-refractivity contribution >= 4 is 18.2 Å². The predicted octanol–water partition coefficient (Wildman–Crippen LogP) is 3.29. The molecule has 2 aromatic carbocycles. The maximum absolute atomic E-state index is 13.0. The third kappa shape index (κ3) is 4.07. The highest BCUT2D eigenvalue weighted by Gasteiger charge is 2.49. The van der Waals surface area contributed by atoms with Crippen molar-refractivity contribution in [3.63, 3.8) is 0 Å². The molecule has 0 bridgehead atoms. The summed E-state index contributed by atoms with van der Waals surface area (Å²) < 4.78 is 16.1. The van der Waals surface area contributed by atoms with Crippen LogP contribution in [0, 0.1) is 0 Å². The van der Waals surface area contributed by atoms with Gasteiger partial charge in [0.05, 0.1) is 27.0 Å². The standard InChI is InChI=1S/C22H25N3O5/c1-5-12-30-18-11-6-15(13-19(18)29-4)14-23-25-20(26)22(2,24-21(25)27)16-7-9-17(28-3)10-8-16/h6-11,13-14H,5,12H2,1-4H3,(H,24,27)/b23-14-/t22-/m1/s1. The number of rotatable bonds is 8. The molecule has 0 aromatic heterocycles. The minimum atomic E-state index is -1.21. The van der Waals surface area contributed by atoms with Crippen LogP contribution in [0.2, 0.25) is 0 Å². The summed E-state index contributed by atoms with van der Waals surface area (Å²) in [6.45, 7) is 4.24. The Bertz CT molecular complexity index is 958. The highest BCUT2D eigenvalue weighted by atomic mass is 16.5. The number of hydrogen-bond donors (Lipinski definition) is 1. The smallest absolute Gasteiger partial charge is 0.346 e. The van der Waals surface area contributed by atoms with E-state index in [4.69, 9.17) is 14.2 Å². The molecule has 2 aromatic rings. The van der Waals surface area contributed by atoms with Gasteiger partial charge in [0, 0.05) is 0 Å². The average Bonchev–Trinajstić information content (AvgIpc) is 2.99. The van der Waals surface area contributed by atoms with E-state index in [0.29, 0.717) is 35.0 Å². The monoisotopic (exact) mass is 411 g/mol. The van der Waals surface area contributed by atoms with Crippen molar-refractivity contribution < 1.29 is 23.8 Å². The number of nitrogens with zero attached hydrogens (tertiary/aromatic N) is 2. The molecule has 30 heavy (non-hydrogen) atoms. The summed E-state index contributed by atoms with van der Waals surface area (Å²) >= 11 is 0. The Morgan fingerprint density at radius 3 is 2.43 bits per heavy atom. The second kappa shape index (κ2) is 8.86. The quantitative estimate of drug-likeness (QED) is 0.532. The number of benzene rings is 2. The lowest BCUT2D eigenvalue weighted by atomic mass is 9.92. The van der Waals surface area contributed by atoms with Crippen molar-refractivity contribution in [3.05, 3.63) is 53.6 Å². The highest BCUT2D eigenvalue weighted by molar-refractivity contribution is 6.07. The fraction of sp³-hybridized carbons (Fsp3) is 0.318. The molecule has 0 saturated carbocycles. The zero-order valence-corrected chi connectivity index (χ0v) is 17.5. The summed E-state index contributed by atoms with van der Waals surface area (Å²) in [7, 11) is 3.11. The van der Waals surface area contributed by atoms with Gasteiger partial charge in [0.1, 0.15) is 11.3 Å². The number of hydrazone groups is 1. The Labute approximate surface area is 175 Å². The molecule has 158 valence electrons. The third-order valence-corrected chi connectivity index (χ3v) is 4.81. The zero-order valence-electron chi connectivity index (χ0n) is 17.5. The van der Waals surface area contributed by atoms with Crippen LogP contribution in [-0.4, -0.2) is 44.0 Å². The van der Waals surface area contributed by atoms with Crippen molar-refractivity contribution in [2.24, 2.45) is 5.10 Å². The first kappa shape index (κ1) is 21.2. The van der Waals surface area contributed by atoms with Gasteiger partial charge in [-0.15, -0.1) is 5.01 Å². The molecule has 8 heteroatoms. The molecule has 3 rings (SSSR count). The van der Waals surface area contributed by atoms with Gasteiger partial charge in [-0.1, -0.05) is 19.1 Å². The number of carbonyl (C=O) groups excluding carboxylic acids is 2. The molecule has 8 nitrogen and oxygen atoms in total. The summed E-state index contributed by atoms with van der Waals surface area (Å²) in [5, 5.41) is 7.65. The number of imide groups is 1. The molecule has 1 aliphatic rings. The maximum Gasteiger partial charge on any atom is 0.346 e. The largest absolute Gasteiger partial charge is 0.497 e. The van der Waals surface area contributed by atoms with E-state index < -0.39 is 17.5 Å². The van der Waals surface area contributed by atoms with E-state index in [1.807, 2.05) is 6.92 Å². The Morgan fingerprint density at radius 2 is 1.80 bits per heavy atom. The molecule has 0 unspecified atom stereocenters. The summed E-state index contributed by atoms with van der Waals surface area (Å²) in [5.41, 5.74) is 0.0868. The zero-order chi connectivity index (χ0) is 21.7. The van der Waals surface area contributed by atoms with E-state index in [-0.39, 0.29) is 0 Å². The molecule has 0 spiro atoms. The summed E-state index contributed by atoms with van der Waals surface area (Å²) in [6.07, 6.45) is 2.31. The molecule has 3 amide bonds. The Hall–Kier alpha value is -3.55. The van der Waals surface area contributed by atoms with Crippen molar-refractivity contribution in [3.8, 4) is 17.2 Å². The Morgan fingerprint density at radius 1 is 1.07 bits per heavy atom. The number of ether oxygens (including phenoxy) is 3. The first-order chi connectivity index (χ1) is 14.4. The fourth-order valence-electron chi connectivity index (χ4n) is 3.07. The lowest BCUT2D eigenvalue weighted by molar-refractivity contribution is -0.131. The van der Waals surface area contributed by atoms with Gasteiger partial charge in [0.2, 0.25) is 0 Å². The van der Waals surface area contributed by atoms with Crippen LogP contribution < -0.4 is 19.5 Å². The second-order valence-electron chi connectivity index (χ2n) is 6.90. The predicted molar refractivity (Wildman–Crippen MR) is 112 cm³/mol. The van der Waals surface area contributed by atoms with Gasteiger partial charge in [-0.25, -0.2) is 4.79 Å². The van der Waals surface area contributed by atoms with Gasteiger partial charge < -0.3 is 19.5 Å². The van der Waals surface area contributed by atoms with Crippen molar-refractivity contribution in [2.75, 3.05) is 20.8 Å². The minimum Gasteiger partial charge on any atom is -0.497 e. The third-order valence-electron chi connectivity index (χ3n) is 4.81. The van der Waals surface area contributed by atoms with Crippen LogP contribution in [-0.2, 0) is 10.3 Å². The van der Waals surface area contributed by atoms with Gasteiger partial charge in [-0.05, 0) is 54.8 Å². The van der Waals surface area contributed by atoms with Crippen molar-refractivity contribution in [1.82, 2.24) is 10.3 Å². The van der Waals surface area contributed by atoms with Crippen LogP contribution in [0.3, 0.4) is 0 Å². The van der Waals surface area contributed by atoms with E-state index in [1.165, 1.54) is 6.21 Å². The molecule has 1 N–H and O–H groups in total. The van der Waals surface area contributed by atoms with Gasteiger partial charge in [0.25, 0.3) is 5.91 Å². The van der Waals surface area contributed by atoms with Crippen LogP contribution in [0.5, 0.6) is 17.2 Å². The van der Waals surface area contributed by atoms with Crippen LogP contribution in [0.15, 0.2) is 47.6 Å². The number of amides is 3. The molecule has 0 radical (unpaired) electrons. The Kier molecular flexibility index (Phi) is 6.25. The van der Waals surface area contributed by atoms with Crippen LogP contribution in [0.1, 0.15) is 31.4 Å². The highest BCUT2D eigenvalue weighted by Crippen LogP contribution is 2.31. The summed E-state index contributed by atoms with van der Waals surface area (Å²) in [6, 6.07) is 11.6. The van der Waals surface area contributed by atoms with Gasteiger partial charge in [0.15, 0.2) is 11.5 Å². The summed E-state index contributed by atoms with van der Waals surface area (Å²) in [4.78, 5) is 25.4. The van der Waals surface area contributed by atoms with Gasteiger partial charge in [-0.2, -0.15) is 5.10 Å². The van der Waals surface area contributed by atoms with Crippen molar-refractivity contribution in [2.45, 2.75) is 25.8 Å². The molecule has 1 saturated heterocycles. The molecule has 1 heterocycles. The molecule has 1 fully saturated rings. The molecular weight excluding hydrogens is 386 g/mol. The second-order valence-corrected chi connectivity index (χ2v) is 6.90. The SMILES string of the molecule is CCCOc1ccc(/C=N\N2C(=O)N[C@](C)(c3ccc(OC)cc3)C2=O)cc1OC. The maximum atomic E-state index is 13.0. The topological polar surface area (TPSA) is 89.5 Å². The molecule has 1 aliphatic heterocycles. The van der Waals surface area contributed by atoms with Crippen LogP contribution in [0.25, 0.3) is 0 Å². The van der Waals surface area contributed by atoms with Crippen LogP contribution in [0.4, 0.5) is 4.79 Å². The number of hydrogen-bond acceptors (Lipinski definition) is 6. The molecule has 1 atom stereocenters. The van der Waals surface area contributed by atoms with E-state index in [9.17, 15) is 9.59 Å². The number of urea groups is 1. The normalized spacial score (nSPS) is 18.6. The first-order valence-corrected chi connectivity index (χ1v) is 9.59. The van der Waals surface area contributed by atoms with Gasteiger partial charge in [-0.3, -0.25) is 4.79 Å². The summed E-state index contributed by atoms with van der Waals surface area (Å²) in [5.74, 6) is 1.37. The number of nitrogens with one attached hydrogen (secondary N) is 1. The number of methoxy groups -OCH3 is 2. The van der Waals surface area contributed by atoms with E-state index >= 15 is 0 Å². The molecule has 0 aliphatic carbocycles. The van der Waals surface area contributed by atoms with E-state index in [1.54, 1.807) is 63.6 Å². The van der Waals surface area contributed by atoms with Gasteiger partial charge >= 0.3 is 6.03 Å². The van der Waals surface area contributed by atoms with Crippen molar-refractivity contribution in [1.29, 1.82) is 0 Å². The lowest BCUT2D eigenvalue weighted by Gasteiger charge is -2.21. The Balaban J connectivity index is 1.80. The van der Waals surface area contributed by atoms with E-state index in [0.717, 1.165) is 11.4 Å². The number of carbonyl (C=O) groups is 2.